The van der Waals surface area contributed by atoms with E-state index in [4.69, 9.17) is 5.11 Å². The van der Waals surface area contributed by atoms with Crippen LogP contribution >= 0.6 is 11.8 Å². The molecule has 0 aromatic heterocycles. The highest BCUT2D eigenvalue weighted by molar-refractivity contribution is 7.98. The largest absolute Gasteiger partial charge is 0.395 e. The van der Waals surface area contributed by atoms with Gasteiger partial charge in [-0.3, -0.25) is 4.79 Å². The monoisotopic (exact) mass is 281 g/mol. The molecule has 0 atom stereocenters. The molecule has 19 heavy (non-hydrogen) atoms. The number of amides is 1. The van der Waals surface area contributed by atoms with Crippen LogP contribution in [0.25, 0.3) is 0 Å². The number of aliphatic hydroxyl groups is 1. The van der Waals surface area contributed by atoms with Gasteiger partial charge in [-0.05, 0) is 24.5 Å². The van der Waals surface area contributed by atoms with Crippen molar-refractivity contribution in [2.24, 2.45) is 0 Å². The van der Waals surface area contributed by atoms with Crippen LogP contribution in [0.4, 0.5) is 10.1 Å². The van der Waals surface area contributed by atoms with Crippen molar-refractivity contribution in [1.29, 1.82) is 0 Å². The Labute approximate surface area is 116 Å². The Morgan fingerprint density at radius 1 is 1.53 bits per heavy atom. The summed E-state index contributed by atoms with van der Waals surface area (Å²) in [7, 11) is 0. The van der Waals surface area contributed by atoms with E-state index >= 15 is 0 Å². The minimum absolute atomic E-state index is 0.0148. The van der Waals surface area contributed by atoms with Crippen LogP contribution < -0.4 is 5.32 Å². The number of hydrogen-bond acceptors (Lipinski definition) is 3. The molecule has 3 nitrogen and oxygen atoms in total. The molecule has 5 heteroatoms. The van der Waals surface area contributed by atoms with Crippen LogP contribution in [-0.4, -0.2) is 29.6 Å². The quantitative estimate of drug-likeness (QED) is 0.814. The number of thioether (sulfide) groups is 1. The van der Waals surface area contributed by atoms with E-state index in [0.717, 1.165) is 0 Å². The Morgan fingerprint density at radius 3 is 2.95 bits per heavy atom. The zero-order valence-electron chi connectivity index (χ0n) is 10.7. The van der Waals surface area contributed by atoms with E-state index in [9.17, 15) is 9.18 Å². The summed E-state index contributed by atoms with van der Waals surface area (Å²) in [5, 5.41) is 11.1. The van der Waals surface area contributed by atoms with Crippen LogP contribution in [0.1, 0.15) is 18.4 Å². The number of anilines is 1. The summed E-state index contributed by atoms with van der Waals surface area (Å²) in [5.74, 6) is 5.44. The molecular formula is C14H16FNO2S. The molecule has 102 valence electrons. The van der Waals surface area contributed by atoms with Gasteiger partial charge in [0.2, 0.25) is 5.91 Å². The van der Waals surface area contributed by atoms with Gasteiger partial charge in [0.1, 0.15) is 5.82 Å². The van der Waals surface area contributed by atoms with Gasteiger partial charge in [-0.1, -0.05) is 11.8 Å². The van der Waals surface area contributed by atoms with Crippen molar-refractivity contribution in [3.8, 4) is 11.8 Å². The Hall–Kier alpha value is -1.51. The maximum atomic E-state index is 13.7. The second-order valence-corrected chi connectivity index (χ2v) is 4.75. The highest BCUT2D eigenvalue weighted by Crippen LogP contribution is 2.15. The lowest BCUT2D eigenvalue weighted by molar-refractivity contribution is -0.115. The molecule has 1 amide bonds. The molecule has 0 spiro atoms. The predicted molar refractivity (Wildman–Crippen MR) is 76.6 cm³/mol. The van der Waals surface area contributed by atoms with Crippen LogP contribution in [0.3, 0.4) is 0 Å². The molecule has 0 heterocycles. The smallest absolute Gasteiger partial charge is 0.225 e. The molecule has 0 aliphatic heterocycles. The minimum atomic E-state index is -0.506. The van der Waals surface area contributed by atoms with Gasteiger partial charge >= 0.3 is 0 Å². The molecule has 0 bridgehead atoms. The highest BCUT2D eigenvalue weighted by Gasteiger charge is 2.06. The van der Waals surface area contributed by atoms with Crippen LogP contribution in [0.15, 0.2) is 18.2 Å². The number of halogens is 1. The third kappa shape index (κ3) is 5.77. The molecule has 2 N–H and O–H groups in total. The molecule has 0 unspecified atom stereocenters. The molecule has 0 saturated carbocycles. The topological polar surface area (TPSA) is 49.3 Å². The van der Waals surface area contributed by atoms with Crippen LogP contribution in [-0.2, 0) is 4.79 Å². The van der Waals surface area contributed by atoms with E-state index in [1.807, 2.05) is 6.26 Å². The van der Waals surface area contributed by atoms with Gasteiger partial charge in [0.15, 0.2) is 0 Å². The normalized spacial score (nSPS) is 9.63. The highest BCUT2D eigenvalue weighted by atomic mass is 32.2. The second-order valence-electron chi connectivity index (χ2n) is 3.76. The minimum Gasteiger partial charge on any atom is -0.395 e. The van der Waals surface area contributed by atoms with E-state index in [-0.39, 0.29) is 18.2 Å². The number of aliphatic hydroxyl groups excluding tert-OH is 1. The fraction of sp³-hybridized carbons (Fsp3) is 0.357. The first-order chi connectivity index (χ1) is 9.17. The molecule has 0 fully saturated rings. The van der Waals surface area contributed by atoms with Gasteiger partial charge < -0.3 is 10.4 Å². The lowest BCUT2D eigenvalue weighted by Gasteiger charge is -2.06. The zero-order chi connectivity index (χ0) is 14.1. The van der Waals surface area contributed by atoms with E-state index in [2.05, 4.69) is 17.2 Å². The fourth-order valence-electron chi connectivity index (χ4n) is 1.32. The van der Waals surface area contributed by atoms with Crippen LogP contribution in [0, 0.1) is 17.7 Å². The summed E-state index contributed by atoms with van der Waals surface area (Å²) in [4.78, 5) is 11.5. The van der Waals surface area contributed by atoms with Crippen molar-refractivity contribution in [2.75, 3.05) is 23.9 Å². The number of carbonyl (C=O) groups is 1. The number of hydrogen-bond donors (Lipinski definition) is 2. The number of benzene rings is 1. The SMILES string of the molecule is CSCCC(=O)Nc1ccc(C#CCCO)cc1F. The molecular weight excluding hydrogens is 265 g/mol. The van der Waals surface area contributed by atoms with Gasteiger partial charge in [-0.15, -0.1) is 0 Å². The first kappa shape index (κ1) is 15.5. The second kappa shape index (κ2) is 8.57. The summed E-state index contributed by atoms with van der Waals surface area (Å²) >= 11 is 1.57. The third-order valence-corrected chi connectivity index (χ3v) is 2.86. The molecule has 1 aromatic rings. The van der Waals surface area contributed by atoms with Crippen molar-refractivity contribution in [2.45, 2.75) is 12.8 Å². The van der Waals surface area contributed by atoms with Gasteiger partial charge in [0, 0.05) is 24.2 Å². The summed E-state index contributed by atoms with van der Waals surface area (Å²) in [5.41, 5.74) is 0.687. The Bertz CT molecular complexity index is 494. The molecule has 1 rings (SSSR count). The number of nitrogens with one attached hydrogen (secondary N) is 1. The maximum absolute atomic E-state index is 13.7. The van der Waals surface area contributed by atoms with Gasteiger partial charge in [0.25, 0.3) is 0 Å². The van der Waals surface area contributed by atoms with Gasteiger partial charge in [0.05, 0.1) is 12.3 Å². The van der Waals surface area contributed by atoms with E-state index in [1.54, 1.807) is 17.8 Å². The predicted octanol–water partition coefficient (Wildman–Crippen LogP) is 2.25. The third-order valence-electron chi connectivity index (χ3n) is 2.25. The Balaban J connectivity index is 2.67. The van der Waals surface area contributed by atoms with Gasteiger partial charge in [-0.25, -0.2) is 4.39 Å². The average molecular weight is 281 g/mol. The van der Waals surface area contributed by atoms with Crippen molar-refractivity contribution in [3.05, 3.63) is 29.6 Å². The lowest BCUT2D eigenvalue weighted by Crippen LogP contribution is -2.13. The molecule has 0 aliphatic carbocycles. The molecule has 0 radical (unpaired) electrons. The van der Waals surface area contributed by atoms with E-state index in [0.29, 0.717) is 24.2 Å². The van der Waals surface area contributed by atoms with Crippen molar-refractivity contribution < 1.29 is 14.3 Å². The standard InChI is InChI=1S/C14H16FNO2S/c1-19-9-7-14(18)16-13-6-5-11(10-12(13)15)4-2-3-8-17/h5-6,10,17H,3,7-9H2,1H3,(H,16,18). The van der Waals surface area contributed by atoms with Crippen LogP contribution in [0.5, 0.6) is 0 Å². The lowest BCUT2D eigenvalue weighted by atomic mass is 10.2. The van der Waals surface area contributed by atoms with Crippen molar-refractivity contribution in [1.82, 2.24) is 0 Å². The Kier molecular flexibility index (Phi) is 7.01. The van der Waals surface area contributed by atoms with E-state index in [1.165, 1.54) is 12.1 Å². The Morgan fingerprint density at radius 2 is 2.32 bits per heavy atom. The van der Waals surface area contributed by atoms with Crippen molar-refractivity contribution in [3.63, 3.8) is 0 Å². The maximum Gasteiger partial charge on any atom is 0.225 e. The first-order valence-electron chi connectivity index (χ1n) is 5.85. The summed E-state index contributed by atoms with van der Waals surface area (Å²) in [6, 6.07) is 4.40. The number of rotatable bonds is 5. The molecule has 1 aromatic carbocycles. The van der Waals surface area contributed by atoms with Crippen LogP contribution in [0.2, 0.25) is 0 Å². The van der Waals surface area contributed by atoms with Gasteiger partial charge in [-0.2, -0.15) is 11.8 Å². The molecule has 0 saturated heterocycles. The number of carbonyl (C=O) groups excluding carboxylic acids is 1. The molecule has 0 aliphatic rings. The fourth-order valence-corrected chi connectivity index (χ4v) is 1.71. The zero-order valence-corrected chi connectivity index (χ0v) is 11.5. The van der Waals surface area contributed by atoms with E-state index < -0.39 is 5.82 Å². The van der Waals surface area contributed by atoms with Crippen molar-refractivity contribution >= 4 is 23.4 Å². The summed E-state index contributed by atoms with van der Waals surface area (Å²) in [6.07, 6.45) is 2.63. The average Bonchev–Trinajstić information content (AvgIpc) is 2.40. The summed E-state index contributed by atoms with van der Waals surface area (Å²) in [6.45, 7) is -0.0148. The summed E-state index contributed by atoms with van der Waals surface area (Å²) < 4.78 is 13.7. The first-order valence-corrected chi connectivity index (χ1v) is 7.25.